The number of carbonyl (C=O) groups excluding carboxylic acids is 2. The zero-order chi connectivity index (χ0) is 26.2. The highest BCUT2D eigenvalue weighted by molar-refractivity contribution is 6.36. The molecule has 2 amide bonds. The zero-order valence-corrected chi connectivity index (χ0v) is 22.9. The Balaban J connectivity index is 1.69. The highest BCUT2D eigenvalue weighted by Crippen LogP contribution is 2.28. The maximum atomic E-state index is 13.9. The Kier molecular flexibility index (Phi) is 9.90. The van der Waals surface area contributed by atoms with Crippen LogP contribution < -0.4 is 5.32 Å². The lowest BCUT2D eigenvalue weighted by atomic mass is 9.94. The Hall–Kier alpha value is -2.53. The first kappa shape index (κ1) is 27.5. The van der Waals surface area contributed by atoms with E-state index in [1.54, 1.807) is 35.2 Å². The molecule has 0 radical (unpaired) electrons. The average molecular weight is 558 g/mol. The summed E-state index contributed by atoms with van der Waals surface area (Å²) in [4.78, 5) is 29.4. The minimum absolute atomic E-state index is 0.102. The predicted octanol–water partition coefficient (Wildman–Crippen LogP) is 7.28. The van der Waals surface area contributed by atoms with Crippen LogP contribution in [0.1, 0.15) is 48.8 Å². The first-order chi connectivity index (χ1) is 17.9. The number of halogens is 3. The third kappa shape index (κ3) is 7.73. The maximum absolute atomic E-state index is 13.9. The number of carbonyl (C=O) groups is 2. The molecule has 1 aliphatic rings. The van der Waals surface area contributed by atoms with Crippen LogP contribution in [0.25, 0.3) is 0 Å². The third-order valence-electron chi connectivity index (χ3n) is 6.86. The van der Waals surface area contributed by atoms with E-state index < -0.39 is 6.04 Å². The number of hydrogen-bond donors (Lipinski definition) is 1. The van der Waals surface area contributed by atoms with Gasteiger partial charge >= 0.3 is 0 Å². The number of amides is 2. The summed E-state index contributed by atoms with van der Waals surface area (Å²) in [5, 5.41) is 4.72. The maximum Gasteiger partial charge on any atom is 0.243 e. The second-order valence-electron chi connectivity index (χ2n) is 9.58. The van der Waals surface area contributed by atoms with Gasteiger partial charge in [0.15, 0.2) is 0 Å². The van der Waals surface area contributed by atoms with Crippen molar-refractivity contribution in [1.29, 1.82) is 0 Å². The lowest BCUT2D eigenvalue weighted by Gasteiger charge is -2.34. The van der Waals surface area contributed by atoms with Gasteiger partial charge in [0.25, 0.3) is 0 Å². The van der Waals surface area contributed by atoms with E-state index in [9.17, 15) is 9.59 Å². The molecule has 0 aliphatic heterocycles. The standard InChI is InChI=1S/C30H31Cl3N2O2/c31-23-12-7-11-22(17-23)19-29(36)35(20-25-26(32)15-8-16-27(25)33)28(18-21-9-3-1-4-10-21)30(37)34-24-13-5-2-6-14-24/h1,3-4,7-12,15-17,24,28H,2,5-6,13-14,18-20H2,(H,34,37). The van der Waals surface area contributed by atoms with Crippen LogP contribution in [-0.2, 0) is 29.0 Å². The van der Waals surface area contributed by atoms with Crippen molar-refractivity contribution in [3.05, 3.63) is 105 Å². The Bertz CT molecular complexity index is 1190. The van der Waals surface area contributed by atoms with E-state index >= 15 is 0 Å². The van der Waals surface area contributed by atoms with E-state index in [-0.39, 0.29) is 30.8 Å². The van der Waals surface area contributed by atoms with Crippen molar-refractivity contribution in [2.24, 2.45) is 0 Å². The van der Waals surface area contributed by atoms with Crippen molar-refractivity contribution >= 4 is 46.6 Å². The lowest BCUT2D eigenvalue weighted by Crippen LogP contribution is -2.53. The second-order valence-corrected chi connectivity index (χ2v) is 10.8. The Morgan fingerprint density at radius 2 is 1.49 bits per heavy atom. The quantitative estimate of drug-likeness (QED) is 0.301. The summed E-state index contributed by atoms with van der Waals surface area (Å²) >= 11 is 19.2. The first-order valence-electron chi connectivity index (χ1n) is 12.7. The predicted molar refractivity (Wildman–Crippen MR) is 151 cm³/mol. The highest BCUT2D eigenvalue weighted by atomic mass is 35.5. The van der Waals surface area contributed by atoms with E-state index in [1.165, 1.54) is 6.42 Å². The molecule has 4 rings (SSSR count). The minimum atomic E-state index is -0.733. The summed E-state index contributed by atoms with van der Waals surface area (Å²) in [6.07, 6.45) is 5.78. The fourth-order valence-electron chi connectivity index (χ4n) is 4.88. The number of nitrogens with one attached hydrogen (secondary N) is 1. The third-order valence-corrected chi connectivity index (χ3v) is 7.80. The van der Waals surface area contributed by atoms with Gasteiger partial charge in [0.2, 0.25) is 11.8 Å². The monoisotopic (exact) mass is 556 g/mol. The van der Waals surface area contributed by atoms with Gasteiger partial charge in [-0.2, -0.15) is 0 Å². The molecule has 1 unspecified atom stereocenters. The molecule has 37 heavy (non-hydrogen) atoms. The number of hydrogen-bond acceptors (Lipinski definition) is 2. The van der Waals surface area contributed by atoms with Crippen molar-refractivity contribution in [3.8, 4) is 0 Å². The van der Waals surface area contributed by atoms with Crippen molar-refractivity contribution in [3.63, 3.8) is 0 Å². The van der Waals surface area contributed by atoms with Crippen LogP contribution in [-0.4, -0.2) is 28.8 Å². The van der Waals surface area contributed by atoms with E-state index in [2.05, 4.69) is 5.32 Å². The van der Waals surface area contributed by atoms with Crippen LogP contribution >= 0.6 is 34.8 Å². The topological polar surface area (TPSA) is 49.4 Å². The Labute approximate surface area is 233 Å². The van der Waals surface area contributed by atoms with Gasteiger partial charge in [0.1, 0.15) is 6.04 Å². The molecule has 7 heteroatoms. The lowest BCUT2D eigenvalue weighted by molar-refractivity contribution is -0.141. The summed E-state index contributed by atoms with van der Waals surface area (Å²) in [6, 6.07) is 21.6. The van der Waals surface area contributed by atoms with Crippen LogP contribution in [0, 0.1) is 0 Å². The fourth-order valence-corrected chi connectivity index (χ4v) is 5.60. The van der Waals surface area contributed by atoms with Gasteiger partial charge in [0, 0.05) is 39.6 Å². The van der Waals surface area contributed by atoms with E-state index in [0.717, 1.165) is 36.8 Å². The van der Waals surface area contributed by atoms with Gasteiger partial charge in [-0.15, -0.1) is 0 Å². The molecule has 1 aliphatic carbocycles. The van der Waals surface area contributed by atoms with Gasteiger partial charge in [-0.25, -0.2) is 0 Å². The molecular formula is C30H31Cl3N2O2. The first-order valence-corrected chi connectivity index (χ1v) is 13.8. The molecule has 3 aromatic rings. The summed E-state index contributed by atoms with van der Waals surface area (Å²) in [5.41, 5.74) is 2.37. The van der Waals surface area contributed by atoms with Crippen molar-refractivity contribution in [2.75, 3.05) is 0 Å². The summed E-state index contributed by atoms with van der Waals surface area (Å²) in [5.74, 6) is -0.351. The molecule has 1 fully saturated rings. The van der Waals surface area contributed by atoms with Crippen molar-refractivity contribution in [2.45, 2.75) is 63.6 Å². The molecule has 3 aromatic carbocycles. The van der Waals surface area contributed by atoms with E-state index in [0.29, 0.717) is 27.1 Å². The van der Waals surface area contributed by atoms with Crippen LogP contribution in [0.2, 0.25) is 15.1 Å². The molecule has 0 aromatic heterocycles. The van der Waals surface area contributed by atoms with Crippen LogP contribution in [0.4, 0.5) is 0 Å². The molecule has 0 bridgehead atoms. The molecule has 4 nitrogen and oxygen atoms in total. The molecule has 0 heterocycles. The molecule has 1 atom stereocenters. The van der Waals surface area contributed by atoms with Gasteiger partial charge in [0.05, 0.1) is 6.42 Å². The molecule has 1 saturated carbocycles. The van der Waals surface area contributed by atoms with Crippen molar-refractivity contribution < 1.29 is 9.59 Å². The largest absolute Gasteiger partial charge is 0.352 e. The van der Waals surface area contributed by atoms with Gasteiger partial charge < -0.3 is 10.2 Å². The van der Waals surface area contributed by atoms with Crippen molar-refractivity contribution in [1.82, 2.24) is 10.2 Å². The normalized spacial score (nSPS) is 14.7. The molecule has 1 N–H and O–H groups in total. The van der Waals surface area contributed by atoms with E-state index in [4.69, 9.17) is 34.8 Å². The van der Waals surface area contributed by atoms with Crippen LogP contribution in [0.3, 0.4) is 0 Å². The van der Waals surface area contributed by atoms with Gasteiger partial charge in [-0.05, 0) is 48.2 Å². The fraction of sp³-hybridized carbons (Fsp3) is 0.333. The van der Waals surface area contributed by atoms with Gasteiger partial charge in [-0.3, -0.25) is 9.59 Å². The number of rotatable bonds is 9. The highest BCUT2D eigenvalue weighted by Gasteiger charge is 2.32. The average Bonchev–Trinajstić information content (AvgIpc) is 2.88. The summed E-state index contributed by atoms with van der Waals surface area (Å²) in [7, 11) is 0. The molecule has 0 saturated heterocycles. The Morgan fingerprint density at radius 3 is 2.16 bits per heavy atom. The second kappa shape index (κ2) is 13.3. The summed E-state index contributed by atoms with van der Waals surface area (Å²) < 4.78 is 0. The number of benzene rings is 3. The Morgan fingerprint density at radius 1 is 0.838 bits per heavy atom. The van der Waals surface area contributed by atoms with Crippen LogP contribution in [0.5, 0.6) is 0 Å². The summed E-state index contributed by atoms with van der Waals surface area (Å²) in [6.45, 7) is 0.119. The zero-order valence-electron chi connectivity index (χ0n) is 20.6. The molecule has 0 spiro atoms. The SMILES string of the molecule is O=C(NC1CCCCC1)C(Cc1ccccc1)N(Cc1c(Cl)cccc1Cl)C(=O)Cc1cccc(Cl)c1. The van der Waals surface area contributed by atoms with Crippen LogP contribution in [0.15, 0.2) is 72.8 Å². The minimum Gasteiger partial charge on any atom is -0.352 e. The van der Waals surface area contributed by atoms with E-state index in [1.807, 2.05) is 42.5 Å². The molecule has 194 valence electrons. The molecular weight excluding hydrogens is 527 g/mol. The number of nitrogens with zero attached hydrogens (tertiary/aromatic N) is 1. The smallest absolute Gasteiger partial charge is 0.243 e. The van der Waals surface area contributed by atoms with Gasteiger partial charge in [-0.1, -0.05) is 103 Å².